The van der Waals surface area contributed by atoms with Crippen molar-refractivity contribution in [1.29, 1.82) is 0 Å². The lowest BCUT2D eigenvalue weighted by molar-refractivity contribution is 0.296. The lowest BCUT2D eigenvalue weighted by Crippen LogP contribution is -2.23. The molecular weight excluding hydrogens is 254 g/mol. The molecule has 0 atom stereocenters. The van der Waals surface area contributed by atoms with Crippen LogP contribution in [0, 0.1) is 0 Å². The van der Waals surface area contributed by atoms with Gasteiger partial charge in [-0.1, -0.05) is 6.92 Å². The average Bonchev–Trinajstić information content (AvgIpc) is 2.76. The normalized spacial score (nSPS) is 11.7. The van der Waals surface area contributed by atoms with Crippen LogP contribution in [-0.2, 0) is 13.1 Å². The van der Waals surface area contributed by atoms with Crippen LogP contribution in [0.2, 0.25) is 0 Å². The van der Waals surface area contributed by atoms with E-state index in [-0.39, 0.29) is 0 Å². The van der Waals surface area contributed by atoms with E-state index >= 15 is 0 Å². The van der Waals surface area contributed by atoms with Gasteiger partial charge in [0.1, 0.15) is 0 Å². The van der Waals surface area contributed by atoms with Gasteiger partial charge in [0, 0.05) is 22.8 Å². The van der Waals surface area contributed by atoms with Gasteiger partial charge in [-0.15, -0.1) is 11.3 Å². The SMILES string of the molecule is CCCNCc1ccc(CN(C)CCCN(C)C)s1. The Morgan fingerprint density at radius 2 is 1.84 bits per heavy atom. The molecule has 0 amide bonds. The first-order valence-electron chi connectivity index (χ1n) is 7.23. The molecule has 0 bridgehead atoms. The van der Waals surface area contributed by atoms with Crippen molar-refractivity contribution in [2.75, 3.05) is 40.8 Å². The largest absolute Gasteiger partial charge is 0.312 e. The van der Waals surface area contributed by atoms with Crippen molar-refractivity contribution < 1.29 is 0 Å². The van der Waals surface area contributed by atoms with Crippen LogP contribution in [0.3, 0.4) is 0 Å². The highest BCUT2D eigenvalue weighted by molar-refractivity contribution is 7.11. The predicted molar refractivity (Wildman–Crippen MR) is 85.8 cm³/mol. The Bertz CT molecular complexity index is 336. The molecule has 0 spiro atoms. The van der Waals surface area contributed by atoms with Crippen molar-refractivity contribution in [1.82, 2.24) is 15.1 Å². The smallest absolute Gasteiger partial charge is 0.0324 e. The minimum atomic E-state index is 1.02. The summed E-state index contributed by atoms with van der Waals surface area (Å²) in [6.07, 6.45) is 2.44. The van der Waals surface area contributed by atoms with Gasteiger partial charge in [-0.05, 0) is 65.8 Å². The standard InChI is InChI=1S/C15H29N3S/c1-5-9-16-12-14-7-8-15(19-14)13-18(4)11-6-10-17(2)3/h7-8,16H,5-6,9-13H2,1-4H3. The molecule has 1 aromatic heterocycles. The number of nitrogens with one attached hydrogen (secondary N) is 1. The number of hydrogen-bond donors (Lipinski definition) is 1. The summed E-state index contributed by atoms with van der Waals surface area (Å²) in [5.74, 6) is 0. The molecule has 0 aliphatic rings. The first kappa shape index (κ1) is 16.6. The van der Waals surface area contributed by atoms with E-state index in [0.29, 0.717) is 0 Å². The molecule has 0 unspecified atom stereocenters. The van der Waals surface area contributed by atoms with Gasteiger partial charge in [0.05, 0.1) is 0 Å². The molecule has 0 radical (unpaired) electrons. The van der Waals surface area contributed by atoms with E-state index in [0.717, 1.165) is 19.6 Å². The highest BCUT2D eigenvalue weighted by atomic mass is 32.1. The van der Waals surface area contributed by atoms with Crippen molar-refractivity contribution in [3.63, 3.8) is 0 Å². The maximum atomic E-state index is 3.46. The molecule has 1 N–H and O–H groups in total. The van der Waals surface area contributed by atoms with Crippen LogP contribution in [-0.4, -0.2) is 50.6 Å². The average molecular weight is 283 g/mol. The third-order valence-electron chi connectivity index (χ3n) is 3.01. The van der Waals surface area contributed by atoms with Gasteiger partial charge in [-0.2, -0.15) is 0 Å². The van der Waals surface area contributed by atoms with Crippen LogP contribution >= 0.6 is 11.3 Å². The molecular formula is C15H29N3S. The van der Waals surface area contributed by atoms with E-state index < -0.39 is 0 Å². The minimum absolute atomic E-state index is 1.02. The zero-order chi connectivity index (χ0) is 14.1. The van der Waals surface area contributed by atoms with Gasteiger partial charge in [0.2, 0.25) is 0 Å². The summed E-state index contributed by atoms with van der Waals surface area (Å²) < 4.78 is 0. The molecule has 0 saturated heterocycles. The number of rotatable bonds is 10. The molecule has 1 heterocycles. The fourth-order valence-electron chi connectivity index (χ4n) is 1.99. The van der Waals surface area contributed by atoms with Crippen molar-refractivity contribution in [2.24, 2.45) is 0 Å². The molecule has 0 fully saturated rings. The number of nitrogens with zero attached hydrogens (tertiary/aromatic N) is 2. The fraction of sp³-hybridized carbons (Fsp3) is 0.733. The molecule has 19 heavy (non-hydrogen) atoms. The Balaban J connectivity index is 2.24. The van der Waals surface area contributed by atoms with E-state index in [9.17, 15) is 0 Å². The van der Waals surface area contributed by atoms with Gasteiger partial charge in [0.15, 0.2) is 0 Å². The summed E-state index contributed by atoms with van der Waals surface area (Å²) in [6, 6.07) is 4.53. The van der Waals surface area contributed by atoms with Crippen LogP contribution in [0.25, 0.3) is 0 Å². The lowest BCUT2D eigenvalue weighted by atomic mass is 10.3. The maximum Gasteiger partial charge on any atom is 0.0324 e. The van der Waals surface area contributed by atoms with Crippen molar-refractivity contribution in [2.45, 2.75) is 32.9 Å². The van der Waals surface area contributed by atoms with Crippen molar-refractivity contribution in [3.05, 3.63) is 21.9 Å². The Labute approximate surface area is 122 Å². The predicted octanol–water partition coefficient (Wildman–Crippen LogP) is 2.63. The van der Waals surface area contributed by atoms with Crippen LogP contribution in [0.1, 0.15) is 29.5 Å². The van der Waals surface area contributed by atoms with Crippen molar-refractivity contribution in [3.8, 4) is 0 Å². The zero-order valence-electron chi connectivity index (χ0n) is 12.9. The molecule has 0 aliphatic heterocycles. The molecule has 0 aromatic carbocycles. The van der Waals surface area contributed by atoms with E-state index in [2.05, 4.69) is 55.3 Å². The second kappa shape index (κ2) is 9.48. The molecule has 0 saturated carbocycles. The molecule has 110 valence electrons. The quantitative estimate of drug-likeness (QED) is 0.666. The number of thiophene rings is 1. The van der Waals surface area contributed by atoms with Crippen LogP contribution in [0.5, 0.6) is 0 Å². The van der Waals surface area contributed by atoms with Crippen molar-refractivity contribution >= 4 is 11.3 Å². The monoisotopic (exact) mass is 283 g/mol. The van der Waals surface area contributed by atoms with Crippen LogP contribution < -0.4 is 5.32 Å². The lowest BCUT2D eigenvalue weighted by Gasteiger charge is -2.17. The van der Waals surface area contributed by atoms with E-state index in [1.54, 1.807) is 0 Å². The summed E-state index contributed by atoms with van der Waals surface area (Å²) in [7, 11) is 6.48. The van der Waals surface area contributed by atoms with Gasteiger partial charge in [-0.25, -0.2) is 0 Å². The minimum Gasteiger partial charge on any atom is -0.312 e. The second-order valence-corrected chi connectivity index (χ2v) is 6.69. The topological polar surface area (TPSA) is 18.5 Å². The van der Waals surface area contributed by atoms with Gasteiger partial charge in [-0.3, -0.25) is 0 Å². The highest BCUT2D eigenvalue weighted by Gasteiger charge is 2.04. The summed E-state index contributed by atoms with van der Waals surface area (Å²) in [4.78, 5) is 7.58. The van der Waals surface area contributed by atoms with Crippen LogP contribution in [0.4, 0.5) is 0 Å². The molecule has 4 heteroatoms. The third-order valence-corrected chi connectivity index (χ3v) is 4.08. The first-order valence-corrected chi connectivity index (χ1v) is 8.05. The third kappa shape index (κ3) is 7.67. The Kier molecular flexibility index (Phi) is 8.30. The van der Waals surface area contributed by atoms with E-state index in [1.165, 1.54) is 35.7 Å². The fourth-order valence-corrected chi connectivity index (χ4v) is 3.06. The second-order valence-electron chi connectivity index (χ2n) is 5.44. The summed E-state index contributed by atoms with van der Waals surface area (Å²) in [6.45, 7) is 7.74. The summed E-state index contributed by atoms with van der Waals surface area (Å²) in [5, 5.41) is 3.46. The Hall–Kier alpha value is -0.420. The zero-order valence-corrected chi connectivity index (χ0v) is 13.7. The first-order chi connectivity index (χ1) is 9.11. The summed E-state index contributed by atoms with van der Waals surface area (Å²) >= 11 is 1.94. The molecule has 0 aliphatic carbocycles. The Morgan fingerprint density at radius 3 is 2.53 bits per heavy atom. The highest BCUT2D eigenvalue weighted by Crippen LogP contribution is 2.17. The maximum absolute atomic E-state index is 3.46. The van der Waals surface area contributed by atoms with Gasteiger partial charge >= 0.3 is 0 Å². The Morgan fingerprint density at radius 1 is 1.11 bits per heavy atom. The molecule has 3 nitrogen and oxygen atoms in total. The molecule has 1 rings (SSSR count). The van der Waals surface area contributed by atoms with E-state index in [1.807, 2.05) is 11.3 Å². The van der Waals surface area contributed by atoms with Crippen LogP contribution in [0.15, 0.2) is 12.1 Å². The van der Waals surface area contributed by atoms with Gasteiger partial charge < -0.3 is 15.1 Å². The molecule has 1 aromatic rings. The van der Waals surface area contributed by atoms with E-state index in [4.69, 9.17) is 0 Å². The number of hydrogen-bond acceptors (Lipinski definition) is 4. The van der Waals surface area contributed by atoms with Gasteiger partial charge in [0.25, 0.3) is 0 Å². The summed E-state index contributed by atoms with van der Waals surface area (Å²) in [5.41, 5.74) is 0.